The molecule has 1 aromatic carbocycles. The van der Waals surface area contributed by atoms with E-state index in [1.54, 1.807) is 12.1 Å². The molecule has 0 bridgehead atoms. The highest BCUT2D eigenvalue weighted by Crippen LogP contribution is 2.29. The standard InChI is InChI=1S/C13H14ClN3O4S/c14-7-1-2-10-9(5-7)12(11(16-10)13(15)18)22(19,20)17-8-3-4-21-6-8/h1-2,5,8,16-17H,3-4,6H2,(H2,15,18). The molecule has 0 radical (unpaired) electrons. The number of nitrogens with one attached hydrogen (secondary N) is 2. The third kappa shape index (κ3) is 2.70. The first kappa shape index (κ1) is 15.3. The number of primary amides is 1. The minimum atomic E-state index is -3.94. The van der Waals surface area contributed by atoms with E-state index in [0.29, 0.717) is 35.6 Å². The number of aromatic nitrogens is 1. The molecule has 1 fully saturated rings. The summed E-state index contributed by atoms with van der Waals surface area (Å²) in [6, 6.07) is 4.36. The van der Waals surface area contributed by atoms with Crippen molar-refractivity contribution in [3.63, 3.8) is 0 Å². The van der Waals surface area contributed by atoms with Gasteiger partial charge in [0, 0.05) is 28.6 Å². The van der Waals surface area contributed by atoms with Crippen molar-refractivity contribution in [1.29, 1.82) is 0 Å². The number of fused-ring (bicyclic) bond motifs is 1. The number of hydrogen-bond donors (Lipinski definition) is 3. The van der Waals surface area contributed by atoms with Crippen molar-refractivity contribution in [3.05, 3.63) is 28.9 Å². The molecule has 1 saturated heterocycles. The van der Waals surface area contributed by atoms with Gasteiger partial charge in [0.2, 0.25) is 10.0 Å². The van der Waals surface area contributed by atoms with E-state index in [1.165, 1.54) is 6.07 Å². The molecule has 118 valence electrons. The molecule has 3 rings (SSSR count). The molecule has 0 spiro atoms. The molecule has 0 aliphatic carbocycles. The van der Waals surface area contributed by atoms with E-state index < -0.39 is 15.9 Å². The van der Waals surface area contributed by atoms with Gasteiger partial charge in [-0.2, -0.15) is 0 Å². The Morgan fingerprint density at radius 2 is 2.23 bits per heavy atom. The lowest BCUT2D eigenvalue weighted by Crippen LogP contribution is -2.36. The minimum absolute atomic E-state index is 0.163. The van der Waals surface area contributed by atoms with Crippen LogP contribution in [-0.2, 0) is 14.8 Å². The number of benzene rings is 1. The largest absolute Gasteiger partial charge is 0.380 e. The smallest absolute Gasteiger partial charge is 0.266 e. The maximum absolute atomic E-state index is 12.7. The van der Waals surface area contributed by atoms with Crippen molar-refractivity contribution in [3.8, 4) is 0 Å². The third-order valence-electron chi connectivity index (χ3n) is 3.48. The van der Waals surface area contributed by atoms with Crippen LogP contribution in [0.3, 0.4) is 0 Å². The zero-order chi connectivity index (χ0) is 15.9. The topological polar surface area (TPSA) is 114 Å². The summed E-state index contributed by atoms with van der Waals surface area (Å²) in [5, 5.41) is 0.691. The predicted octanol–water partition coefficient (Wildman–Crippen LogP) is 0.987. The van der Waals surface area contributed by atoms with E-state index in [2.05, 4.69) is 9.71 Å². The number of halogens is 1. The van der Waals surface area contributed by atoms with Crippen LogP contribution in [0.2, 0.25) is 5.02 Å². The van der Waals surface area contributed by atoms with Gasteiger partial charge in [0.1, 0.15) is 10.6 Å². The van der Waals surface area contributed by atoms with Crippen molar-refractivity contribution in [2.24, 2.45) is 5.73 Å². The molecule has 1 aromatic heterocycles. The van der Waals surface area contributed by atoms with Crippen LogP contribution in [0, 0.1) is 0 Å². The van der Waals surface area contributed by atoms with Crippen LogP contribution >= 0.6 is 11.6 Å². The predicted molar refractivity (Wildman–Crippen MR) is 81.4 cm³/mol. The molecule has 22 heavy (non-hydrogen) atoms. The molecule has 1 aliphatic heterocycles. The highest BCUT2D eigenvalue weighted by atomic mass is 35.5. The molecule has 0 saturated carbocycles. The van der Waals surface area contributed by atoms with Gasteiger partial charge in [-0.05, 0) is 24.6 Å². The Morgan fingerprint density at radius 3 is 2.86 bits per heavy atom. The molecule has 1 atom stereocenters. The van der Waals surface area contributed by atoms with E-state index >= 15 is 0 Å². The van der Waals surface area contributed by atoms with Crippen LogP contribution in [0.25, 0.3) is 10.9 Å². The average molecular weight is 344 g/mol. The van der Waals surface area contributed by atoms with Crippen molar-refractivity contribution < 1.29 is 17.9 Å². The Bertz CT molecular complexity index is 840. The quantitative estimate of drug-likeness (QED) is 0.767. The lowest BCUT2D eigenvalue weighted by Gasteiger charge is -2.11. The lowest BCUT2D eigenvalue weighted by atomic mass is 10.2. The van der Waals surface area contributed by atoms with E-state index in [-0.39, 0.29) is 16.6 Å². The average Bonchev–Trinajstić information content (AvgIpc) is 3.04. The SMILES string of the molecule is NC(=O)c1[nH]c2ccc(Cl)cc2c1S(=O)(=O)NC1CCOC1. The molecule has 1 unspecified atom stereocenters. The summed E-state index contributed by atoms with van der Waals surface area (Å²) in [5.74, 6) is -0.852. The molecule has 2 heterocycles. The summed E-state index contributed by atoms with van der Waals surface area (Å²) in [6.45, 7) is 0.795. The fourth-order valence-electron chi connectivity index (χ4n) is 2.50. The maximum Gasteiger partial charge on any atom is 0.266 e. The van der Waals surface area contributed by atoms with Crippen molar-refractivity contribution in [1.82, 2.24) is 9.71 Å². The highest BCUT2D eigenvalue weighted by Gasteiger charge is 2.30. The Morgan fingerprint density at radius 1 is 1.45 bits per heavy atom. The number of sulfonamides is 1. The second kappa shape index (κ2) is 5.54. The Kier molecular flexibility index (Phi) is 3.85. The van der Waals surface area contributed by atoms with Crippen LogP contribution in [0.4, 0.5) is 0 Å². The molecule has 9 heteroatoms. The first-order chi connectivity index (χ1) is 10.4. The van der Waals surface area contributed by atoms with Crippen LogP contribution in [0.1, 0.15) is 16.9 Å². The number of H-pyrrole nitrogens is 1. The number of amides is 1. The molecule has 1 amide bonds. The molecule has 7 nitrogen and oxygen atoms in total. The maximum atomic E-state index is 12.7. The van der Waals surface area contributed by atoms with E-state index in [1.807, 2.05) is 0 Å². The molecule has 4 N–H and O–H groups in total. The molecule has 2 aromatic rings. The second-order valence-electron chi connectivity index (χ2n) is 5.07. The second-order valence-corrected chi connectivity index (χ2v) is 7.15. The molecular weight excluding hydrogens is 330 g/mol. The monoisotopic (exact) mass is 343 g/mol. The first-order valence-electron chi connectivity index (χ1n) is 6.59. The number of nitrogens with two attached hydrogens (primary N) is 1. The van der Waals surface area contributed by atoms with Gasteiger partial charge in [-0.25, -0.2) is 13.1 Å². The van der Waals surface area contributed by atoms with Gasteiger partial charge < -0.3 is 15.5 Å². The van der Waals surface area contributed by atoms with Crippen molar-refractivity contribution >= 4 is 38.4 Å². The zero-order valence-corrected chi connectivity index (χ0v) is 13.0. The van der Waals surface area contributed by atoms with Crippen LogP contribution < -0.4 is 10.5 Å². The van der Waals surface area contributed by atoms with Gasteiger partial charge in [0.05, 0.1) is 6.61 Å². The normalized spacial score (nSPS) is 18.9. The van der Waals surface area contributed by atoms with Gasteiger partial charge in [-0.3, -0.25) is 4.79 Å². The Hall–Kier alpha value is -1.61. The van der Waals surface area contributed by atoms with Gasteiger partial charge >= 0.3 is 0 Å². The number of hydrogen-bond acceptors (Lipinski definition) is 4. The van der Waals surface area contributed by atoms with Crippen LogP contribution in [-0.4, -0.2) is 38.6 Å². The first-order valence-corrected chi connectivity index (χ1v) is 8.46. The summed E-state index contributed by atoms with van der Waals surface area (Å²) < 4.78 is 33.0. The summed E-state index contributed by atoms with van der Waals surface area (Å²) in [7, 11) is -3.94. The highest BCUT2D eigenvalue weighted by molar-refractivity contribution is 7.89. The summed E-state index contributed by atoms with van der Waals surface area (Å²) in [5.41, 5.74) is 5.61. The Balaban J connectivity index is 2.16. The molecular formula is C13H14ClN3O4S. The van der Waals surface area contributed by atoms with E-state index in [4.69, 9.17) is 22.1 Å². The van der Waals surface area contributed by atoms with Gasteiger partial charge in [-0.1, -0.05) is 11.6 Å². The lowest BCUT2D eigenvalue weighted by molar-refractivity contribution is 0.0993. The number of aromatic amines is 1. The van der Waals surface area contributed by atoms with Gasteiger partial charge in [0.25, 0.3) is 5.91 Å². The summed E-state index contributed by atoms with van der Waals surface area (Å²) >= 11 is 5.93. The van der Waals surface area contributed by atoms with Gasteiger partial charge in [-0.15, -0.1) is 0 Å². The summed E-state index contributed by atoms with van der Waals surface area (Å²) in [6.07, 6.45) is 0.578. The van der Waals surface area contributed by atoms with E-state index in [0.717, 1.165) is 0 Å². The van der Waals surface area contributed by atoms with Crippen LogP contribution in [0.5, 0.6) is 0 Å². The fourth-order valence-corrected chi connectivity index (χ4v) is 4.29. The number of carbonyl (C=O) groups is 1. The molecule has 1 aliphatic rings. The van der Waals surface area contributed by atoms with Crippen molar-refractivity contribution in [2.75, 3.05) is 13.2 Å². The third-order valence-corrected chi connectivity index (χ3v) is 5.32. The summed E-state index contributed by atoms with van der Waals surface area (Å²) in [4.78, 5) is 14.2. The fraction of sp³-hybridized carbons (Fsp3) is 0.308. The van der Waals surface area contributed by atoms with Crippen LogP contribution in [0.15, 0.2) is 23.1 Å². The number of carbonyl (C=O) groups excluding carboxylic acids is 1. The van der Waals surface area contributed by atoms with E-state index in [9.17, 15) is 13.2 Å². The van der Waals surface area contributed by atoms with Crippen molar-refractivity contribution in [2.45, 2.75) is 17.4 Å². The van der Waals surface area contributed by atoms with Gasteiger partial charge in [0.15, 0.2) is 0 Å². The minimum Gasteiger partial charge on any atom is -0.380 e. The Labute approximate surface area is 131 Å². The number of ether oxygens (including phenoxy) is 1. The number of rotatable bonds is 4. The zero-order valence-electron chi connectivity index (χ0n) is 11.4.